The average Bonchev–Trinajstić information content (AvgIpc) is 3.86. The van der Waals surface area contributed by atoms with Gasteiger partial charge in [0.05, 0.1) is 22.5 Å². The van der Waals surface area contributed by atoms with E-state index in [9.17, 15) is 9.59 Å². The molecule has 45 heavy (non-hydrogen) atoms. The van der Waals surface area contributed by atoms with E-state index in [1.54, 1.807) is 11.0 Å². The van der Waals surface area contributed by atoms with Gasteiger partial charge in [-0.15, -0.1) is 11.8 Å². The number of para-hydroxylation sites is 1. The van der Waals surface area contributed by atoms with Crippen molar-refractivity contribution in [2.75, 3.05) is 10.7 Å². The molecule has 1 atom stereocenters. The Morgan fingerprint density at radius 1 is 0.778 bits per heavy atom. The third-order valence-electron chi connectivity index (χ3n) is 8.50. The van der Waals surface area contributed by atoms with Gasteiger partial charge < -0.3 is 14.4 Å². The van der Waals surface area contributed by atoms with E-state index in [2.05, 4.69) is 57.4 Å². The molecule has 0 spiro atoms. The number of benzene rings is 4. The van der Waals surface area contributed by atoms with Gasteiger partial charge in [-0.05, 0) is 36.8 Å². The van der Waals surface area contributed by atoms with Crippen molar-refractivity contribution in [1.29, 1.82) is 0 Å². The van der Waals surface area contributed by atoms with E-state index >= 15 is 0 Å². The highest BCUT2D eigenvalue weighted by Crippen LogP contribution is 2.48. The molecule has 218 valence electrons. The SMILES string of the molecule is Cc1ccc2[nH]c(-c3ccccc3)c(C3SCC(=O)N3c3nnc(-n4c(=O)c5ccccc5c5[nH]c6ccccc6c54)o3)c2c1. The zero-order chi connectivity index (χ0) is 30.2. The van der Waals surface area contributed by atoms with Crippen molar-refractivity contribution in [3.05, 3.63) is 119 Å². The number of fused-ring (bicyclic) bond motifs is 6. The van der Waals surface area contributed by atoms with Crippen molar-refractivity contribution in [3.63, 3.8) is 0 Å². The number of thioether (sulfide) groups is 1. The lowest BCUT2D eigenvalue weighted by molar-refractivity contribution is -0.116. The van der Waals surface area contributed by atoms with Gasteiger partial charge in [0, 0.05) is 38.1 Å². The van der Waals surface area contributed by atoms with Gasteiger partial charge in [-0.2, -0.15) is 0 Å². The van der Waals surface area contributed by atoms with Crippen molar-refractivity contribution in [1.82, 2.24) is 24.7 Å². The highest BCUT2D eigenvalue weighted by Gasteiger charge is 2.40. The van der Waals surface area contributed by atoms with Crippen molar-refractivity contribution >= 4 is 67.3 Å². The number of nitrogens with zero attached hydrogens (tertiary/aromatic N) is 4. The number of aromatic nitrogens is 5. The van der Waals surface area contributed by atoms with Crippen LogP contribution >= 0.6 is 11.8 Å². The molecule has 1 aliphatic heterocycles. The molecule has 1 saturated heterocycles. The number of nitrogens with one attached hydrogen (secondary N) is 2. The molecular formula is C35H24N6O3S. The fourth-order valence-electron chi connectivity index (χ4n) is 6.50. The number of aryl methyl sites for hydroxylation is 1. The molecule has 8 aromatic rings. The van der Waals surface area contributed by atoms with E-state index < -0.39 is 5.37 Å². The van der Waals surface area contributed by atoms with Crippen molar-refractivity contribution in [2.45, 2.75) is 12.3 Å². The smallest absolute Gasteiger partial charge is 0.331 e. The topological polar surface area (TPSA) is 113 Å². The highest BCUT2D eigenvalue weighted by atomic mass is 32.2. The van der Waals surface area contributed by atoms with Gasteiger partial charge in [0.1, 0.15) is 5.37 Å². The second-order valence-corrected chi connectivity index (χ2v) is 12.3. The number of hydrogen-bond donors (Lipinski definition) is 2. The van der Waals surface area contributed by atoms with Crippen LogP contribution in [0, 0.1) is 6.92 Å². The number of hydrogen-bond acceptors (Lipinski definition) is 6. The fourth-order valence-corrected chi connectivity index (χ4v) is 7.71. The second kappa shape index (κ2) is 9.70. The summed E-state index contributed by atoms with van der Waals surface area (Å²) in [5.41, 5.74) is 7.03. The van der Waals surface area contributed by atoms with Crippen molar-refractivity contribution in [3.8, 4) is 17.3 Å². The molecular weight excluding hydrogens is 584 g/mol. The van der Waals surface area contributed by atoms with Crippen LogP contribution in [0.1, 0.15) is 16.5 Å². The van der Waals surface area contributed by atoms with Crippen LogP contribution in [-0.4, -0.2) is 36.4 Å². The molecule has 0 aliphatic carbocycles. The molecule has 9 rings (SSSR count). The molecule has 0 bridgehead atoms. The van der Waals surface area contributed by atoms with Crippen LogP contribution < -0.4 is 10.5 Å². The first-order valence-electron chi connectivity index (χ1n) is 14.6. The number of pyridine rings is 1. The van der Waals surface area contributed by atoms with Gasteiger partial charge in [-0.25, -0.2) is 9.47 Å². The number of aromatic amines is 2. The summed E-state index contributed by atoms with van der Waals surface area (Å²) in [5.74, 6) is 0.0990. The molecule has 4 aromatic heterocycles. The largest absolute Gasteiger partial charge is 0.388 e. The summed E-state index contributed by atoms with van der Waals surface area (Å²) in [6, 6.07) is 31.6. The van der Waals surface area contributed by atoms with Gasteiger partial charge in [0.2, 0.25) is 5.91 Å². The maximum atomic E-state index is 14.0. The normalized spacial score (nSPS) is 15.4. The Morgan fingerprint density at radius 3 is 2.33 bits per heavy atom. The lowest BCUT2D eigenvalue weighted by atomic mass is 10.0. The Bertz CT molecular complexity index is 2530. The zero-order valence-electron chi connectivity index (χ0n) is 23.9. The summed E-state index contributed by atoms with van der Waals surface area (Å²) in [4.78, 5) is 36.2. The number of rotatable bonds is 4. The van der Waals surface area contributed by atoms with Crippen molar-refractivity contribution in [2.24, 2.45) is 0 Å². The first kappa shape index (κ1) is 25.8. The van der Waals surface area contributed by atoms with Crippen LogP contribution in [0.5, 0.6) is 0 Å². The fraction of sp³-hybridized carbons (Fsp3) is 0.0857. The second-order valence-electron chi connectivity index (χ2n) is 11.2. The summed E-state index contributed by atoms with van der Waals surface area (Å²) in [6.07, 6.45) is 0. The van der Waals surface area contributed by atoms with E-state index in [1.165, 1.54) is 16.3 Å². The zero-order valence-corrected chi connectivity index (χ0v) is 24.8. The lowest BCUT2D eigenvalue weighted by Crippen LogP contribution is -2.28. The molecule has 1 amide bonds. The summed E-state index contributed by atoms with van der Waals surface area (Å²) in [5, 5.41) is 11.5. The molecule has 0 saturated carbocycles. The number of amides is 1. The first-order chi connectivity index (χ1) is 22.1. The summed E-state index contributed by atoms with van der Waals surface area (Å²) < 4.78 is 7.76. The van der Waals surface area contributed by atoms with Gasteiger partial charge in [0.25, 0.3) is 5.56 Å². The summed E-state index contributed by atoms with van der Waals surface area (Å²) in [7, 11) is 0. The third-order valence-corrected chi connectivity index (χ3v) is 9.68. The van der Waals surface area contributed by atoms with E-state index in [1.807, 2.05) is 60.7 Å². The Kier molecular flexibility index (Phi) is 5.57. The quantitative estimate of drug-likeness (QED) is 0.218. The highest BCUT2D eigenvalue weighted by molar-refractivity contribution is 8.00. The third kappa shape index (κ3) is 3.82. The monoisotopic (exact) mass is 608 g/mol. The molecule has 4 aromatic carbocycles. The summed E-state index contributed by atoms with van der Waals surface area (Å²) >= 11 is 1.51. The van der Waals surface area contributed by atoms with Gasteiger partial charge >= 0.3 is 12.0 Å². The molecule has 10 heteroatoms. The maximum Gasteiger partial charge on any atom is 0.331 e. The minimum atomic E-state index is -0.432. The Labute approximate surface area is 259 Å². The minimum Gasteiger partial charge on any atom is -0.388 e. The van der Waals surface area contributed by atoms with Crippen LogP contribution in [0.4, 0.5) is 6.01 Å². The van der Waals surface area contributed by atoms with Crippen LogP contribution in [0.15, 0.2) is 106 Å². The Hall–Kier alpha value is -5.61. The molecule has 9 nitrogen and oxygen atoms in total. The Balaban J connectivity index is 1.24. The van der Waals surface area contributed by atoms with E-state index in [0.717, 1.165) is 55.1 Å². The first-order valence-corrected chi connectivity index (χ1v) is 15.6. The minimum absolute atomic E-state index is 0.00277. The van der Waals surface area contributed by atoms with Gasteiger partial charge in [0.15, 0.2) is 0 Å². The van der Waals surface area contributed by atoms with Gasteiger partial charge in [-0.3, -0.25) is 9.59 Å². The van der Waals surface area contributed by atoms with Crippen LogP contribution in [-0.2, 0) is 4.79 Å². The molecule has 2 N–H and O–H groups in total. The number of carbonyl (C=O) groups excluding carboxylic acids is 1. The van der Waals surface area contributed by atoms with E-state index in [0.29, 0.717) is 10.9 Å². The molecule has 1 fully saturated rings. The number of H-pyrrole nitrogens is 2. The molecule has 0 radical (unpaired) electrons. The van der Waals surface area contributed by atoms with Crippen LogP contribution in [0.25, 0.3) is 60.9 Å². The van der Waals surface area contributed by atoms with Crippen molar-refractivity contribution < 1.29 is 9.21 Å². The van der Waals surface area contributed by atoms with E-state index in [-0.39, 0.29) is 29.2 Å². The maximum absolute atomic E-state index is 14.0. The predicted molar refractivity (Wildman–Crippen MR) is 178 cm³/mol. The van der Waals surface area contributed by atoms with Crippen LogP contribution in [0.3, 0.4) is 0 Å². The predicted octanol–water partition coefficient (Wildman–Crippen LogP) is 7.24. The number of carbonyl (C=O) groups is 1. The molecule has 5 heterocycles. The Morgan fingerprint density at radius 2 is 1.49 bits per heavy atom. The molecule has 1 unspecified atom stereocenters. The average molecular weight is 609 g/mol. The van der Waals surface area contributed by atoms with Gasteiger partial charge in [-0.1, -0.05) is 88.6 Å². The van der Waals surface area contributed by atoms with E-state index in [4.69, 9.17) is 4.42 Å². The standard InChI is InChI=1S/C35H24N6O3S/c1-19-15-16-26-24(17-19)28(29(36-26)20-9-3-2-4-10-20)33-40(27(42)18-45-33)34-38-39-35(44-34)41-31-23-13-7-8-14-25(23)37-30(31)21-11-5-6-12-22(21)32(41)43/h2-17,33,36-37H,18H2,1H3. The lowest BCUT2D eigenvalue weighted by Gasteiger charge is -2.21. The van der Waals surface area contributed by atoms with Crippen LogP contribution in [0.2, 0.25) is 0 Å². The number of anilines is 1. The molecule has 1 aliphatic rings. The summed E-state index contributed by atoms with van der Waals surface area (Å²) in [6.45, 7) is 2.06.